The third kappa shape index (κ3) is 6.57. The second-order valence-corrected chi connectivity index (χ2v) is 10.1. The Labute approximate surface area is 219 Å². The number of piperazine rings is 1. The first-order valence-corrected chi connectivity index (χ1v) is 13.1. The first-order chi connectivity index (χ1) is 17.9. The number of aliphatic imine (C=N–C) groups is 1. The van der Waals surface area contributed by atoms with E-state index in [2.05, 4.69) is 71.0 Å². The van der Waals surface area contributed by atoms with E-state index in [-0.39, 0.29) is 18.2 Å². The summed E-state index contributed by atoms with van der Waals surface area (Å²) in [6, 6.07) is 16.9. The Morgan fingerprint density at radius 1 is 1.14 bits per heavy atom. The van der Waals surface area contributed by atoms with E-state index in [1.165, 1.54) is 5.56 Å². The number of carbonyl (C=O) groups is 1. The molecule has 2 aliphatic heterocycles. The molecule has 2 aromatic rings. The van der Waals surface area contributed by atoms with Crippen molar-refractivity contribution in [3.63, 3.8) is 0 Å². The number of hydrogen-bond acceptors (Lipinski definition) is 7. The van der Waals surface area contributed by atoms with Crippen molar-refractivity contribution >= 4 is 11.8 Å². The van der Waals surface area contributed by atoms with Gasteiger partial charge in [0.25, 0.3) is 0 Å². The molecule has 2 aromatic carbocycles. The summed E-state index contributed by atoms with van der Waals surface area (Å²) in [6.45, 7) is 12.4. The molecule has 0 bridgehead atoms. The summed E-state index contributed by atoms with van der Waals surface area (Å²) in [5.74, 6) is 0.400. The quantitative estimate of drug-likeness (QED) is 0.316. The van der Waals surface area contributed by atoms with Crippen molar-refractivity contribution in [2.75, 3.05) is 32.8 Å². The van der Waals surface area contributed by atoms with Crippen LogP contribution in [0.3, 0.4) is 0 Å². The van der Waals surface area contributed by atoms with Crippen LogP contribution in [0.15, 0.2) is 66.2 Å². The van der Waals surface area contributed by atoms with Gasteiger partial charge in [-0.2, -0.15) is 0 Å². The zero-order chi connectivity index (χ0) is 26.4. The average Bonchev–Trinajstić information content (AvgIpc) is 3.34. The van der Waals surface area contributed by atoms with E-state index < -0.39 is 5.97 Å². The van der Waals surface area contributed by atoms with Gasteiger partial charge in [-0.15, -0.1) is 6.58 Å². The van der Waals surface area contributed by atoms with E-state index in [1.54, 1.807) is 6.07 Å². The van der Waals surface area contributed by atoms with Crippen LogP contribution < -0.4 is 5.43 Å². The fraction of sp³-hybridized carbons (Fsp3) is 0.448. The molecule has 0 aromatic heterocycles. The molecular weight excluding hydrogens is 466 g/mol. The lowest BCUT2D eigenvalue weighted by molar-refractivity contribution is -0.137. The Kier molecular flexibility index (Phi) is 8.97. The first kappa shape index (κ1) is 26.9. The minimum absolute atomic E-state index is 0.0141. The minimum Gasteiger partial charge on any atom is -0.508 e. The second kappa shape index (κ2) is 12.4. The molecule has 4 rings (SSSR count). The minimum atomic E-state index is -0.758. The number of aromatic hydroxyl groups is 1. The molecule has 3 N–H and O–H groups in total. The van der Waals surface area contributed by atoms with Gasteiger partial charge >= 0.3 is 5.97 Å². The lowest BCUT2D eigenvalue weighted by atomic mass is 9.92. The average molecular weight is 506 g/mol. The normalized spacial score (nSPS) is 21.6. The number of nitrogens with one attached hydrogen (secondary N) is 1. The number of amidine groups is 1. The Bertz CT molecular complexity index is 1100. The van der Waals surface area contributed by atoms with Gasteiger partial charge in [-0.25, -0.2) is 10.4 Å². The number of rotatable bonds is 11. The molecule has 0 spiro atoms. The first-order valence-electron chi connectivity index (χ1n) is 13.1. The summed E-state index contributed by atoms with van der Waals surface area (Å²) >= 11 is 0. The summed E-state index contributed by atoms with van der Waals surface area (Å²) in [5.41, 5.74) is 6.55. The lowest BCUT2D eigenvalue weighted by Gasteiger charge is -2.47. The number of unbranched alkanes of at least 4 members (excludes halogenated alkanes) is 1. The largest absolute Gasteiger partial charge is 0.508 e. The van der Waals surface area contributed by atoms with Crippen molar-refractivity contribution in [3.8, 4) is 5.75 Å². The van der Waals surface area contributed by atoms with Crippen LogP contribution in [-0.2, 0) is 4.79 Å². The van der Waals surface area contributed by atoms with E-state index in [0.29, 0.717) is 31.7 Å². The van der Waals surface area contributed by atoms with Gasteiger partial charge in [0.15, 0.2) is 0 Å². The highest BCUT2D eigenvalue weighted by molar-refractivity contribution is 5.99. The van der Waals surface area contributed by atoms with Gasteiger partial charge in [-0.3, -0.25) is 19.6 Å². The number of hydrazine groups is 1. The summed E-state index contributed by atoms with van der Waals surface area (Å²) < 4.78 is 0. The van der Waals surface area contributed by atoms with Crippen LogP contribution in [0.1, 0.15) is 55.8 Å². The van der Waals surface area contributed by atoms with Crippen molar-refractivity contribution in [1.29, 1.82) is 0 Å². The molecule has 198 valence electrons. The van der Waals surface area contributed by atoms with Crippen LogP contribution in [0, 0.1) is 0 Å². The SMILES string of the molecule is C=CCN1C[C@H](C)N([C@H](c2ccc(C3=NCNN3CCCCC(=O)O)cc2)c2cccc(O)c2)C[C@H]1C. The van der Waals surface area contributed by atoms with Gasteiger partial charge < -0.3 is 10.2 Å². The van der Waals surface area contributed by atoms with Crippen molar-refractivity contribution in [2.24, 2.45) is 4.99 Å². The number of carboxylic acid groups (broad SMARTS) is 1. The predicted molar refractivity (Wildman–Crippen MR) is 147 cm³/mol. The van der Waals surface area contributed by atoms with E-state index in [9.17, 15) is 9.90 Å². The van der Waals surface area contributed by atoms with Crippen molar-refractivity contribution < 1.29 is 15.0 Å². The molecule has 8 nitrogen and oxygen atoms in total. The summed E-state index contributed by atoms with van der Waals surface area (Å²) in [7, 11) is 0. The molecule has 0 amide bonds. The van der Waals surface area contributed by atoms with Crippen LogP contribution in [-0.4, -0.2) is 81.8 Å². The number of benzene rings is 2. The number of nitrogens with zero attached hydrogens (tertiary/aromatic N) is 4. The number of hydrogen-bond donors (Lipinski definition) is 3. The van der Waals surface area contributed by atoms with E-state index in [1.807, 2.05) is 23.2 Å². The topological polar surface area (TPSA) is 91.6 Å². The van der Waals surface area contributed by atoms with Crippen LogP contribution in [0.4, 0.5) is 0 Å². The Balaban J connectivity index is 1.56. The van der Waals surface area contributed by atoms with Crippen LogP contribution in [0.25, 0.3) is 0 Å². The highest BCUT2D eigenvalue weighted by atomic mass is 16.4. The molecule has 8 heteroatoms. The van der Waals surface area contributed by atoms with Gasteiger partial charge in [-0.05, 0) is 49.9 Å². The van der Waals surface area contributed by atoms with Crippen molar-refractivity contribution in [2.45, 2.75) is 51.2 Å². The van der Waals surface area contributed by atoms with E-state index in [4.69, 9.17) is 5.11 Å². The maximum absolute atomic E-state index is 10.8. The summed E-state index contributed by atoms with van der Waals surface area (Å²) in [6.07, 6.45) is 3.58. The molecule has 2 aliphatic rings. The number of carboxylic acids is 1. The molecule has 3 atom stereocenters. The van der Waals surface area contributed by atoms with Crippen molar-refractivity contribution in [1.82, 2.24) is 20.2 Å². The van der Waals surface area contributed by atoms with Gasteiger partial charge in [0.1, 0.15) is 18.3 Å². The highest BCUT2D eigenvalue weighted by Crippen LogP contribution is 2.34. The lowest BCUT2D eigenvalue weighted by Crippen LogP contribution is -2.57. The molecule has 2 heterocycles. The number of aliphatic carboxylic acids is 1. The molecule has 0 unspecified atom stereocenters. The van der Waals surface area contributed by atoms with Crippen molar-refractivity contribution in [3.05, 3.63) is 77.9 Å². The molecule has 0 radical (unpaired) electrons. The zero-order valence-corrected chi connectivity index (χ0v) is 21.9. The third-order valence-corrected chi connectivity index (χ3v) is 7.30. The van der Waals surface area contributed by atoms with E-state index >= 15 is 0 Å². The molecular formula is C29H39N5O3. The molecule has 1 fully saturated rings. The summed E-state index contributed by atoms with van der Waals surface area (Å²) in [4.78, 5) is 20.5. The zero-order valence-electron chi connectivity index (χ0n) is 21.9. The van der Waals surface area contributed by atoms with Gasteiger partial charge in [0.05, 0.1) is 6.04 Å². The molecule has 0 aliphatic carbocycles. The summed E-state index contributed by atoms with van der Waals surface area (Å²) in [5, 5.41) is 21.2. The van der Waals surface area contributed by atoms with E-state index in [0.717, 1.165) is 43.0 Å². The second-order valence-electron chi connectivity index (χ2n) is 10.1. The fourth-order valence-corrected chi connectivity index (χ4v) is 5.42. The number of phenolic OH excluding ortho intramolecular Hbond substituents is 1. The predicted octanol–water partition coefficient (Wildman–Crippen LogP) is 3.84. The Hall–Kier alpha value is -3.20. The van der Waals surface area contributed by atoms with Gasteiger partial charge in [0, 0.05) is 50.2 Å². The molecule has 1 saturated heterocycles. The molecule has 0 saturated carbocycles. The standard InChI is InChI=1S/C29H39N5O3/c1-4-15-32-18-22(3)33(19-21(32)2)28(25-8-7-9-26(35)17-25)23-11-13-24(14-12-23)29-30-20-31-34(29)16-6-5-10-27(36)37/h4,7-9,11-14,17,21-22,28,31,35H,1,5-6,10,15-16,18-20H2,2-3H3,(H,36,37)/t21-,22+,28-/m1/s1. The van der Waals surface area contributed by atoms with Crippen LogP contribution >= 0.6 is 0 Å². The maximum Gasteiger partial charge on any atom is 0.303 e. The van der Waals surface area contributed by atoms with Gasteiger partial charge in [-0.1, -0.05) is 42.5 Å². The van der Waals surface area contributed by atoms with Crippen LogP contribution in [0.2, 0.25) is 0 Å². The fourth-order valence-electron chi connectivity index (χ4n) is 5.42. The number of phenols is 1. The highest BCUT2D eigenvalue weighted by Gasteiger charge is 2.34. The Morgan fingerprint density at radius 3 is 2.62 bits per heavy atom. The smallest absolute Gasteiger partial charge is 0.303 e. The molecule has 37 heavy (non-hydrogen) atoms. The maximum atomic E-state index is 10.8. The Morgan fingerprint density at radius 2 is 1.92 bits per heavy atom. The third-order valence-electron chi connectivity index (χ3n) is 7.30. The van der Waals surface area contributed by atoms with Crippen LogP contribution in [0.5, 0.6) is 5.75 Å². The van der Waals surface area contributed by atoms with Gasteiger partial charge in [0.2, 0.25) is 0 Å². The monoisotopic (exact) mass is 505 g/mol.